The Morgan fingerprint density at radius 1 is 0.424 bits per heavy atom. The Morgan fingerprint density at radius 2 is 0.706 bits per heavy atom. The lowest BCUT2D eigenvalue weighted by atomic mass is 9.92. The number of carbonyl (C=O) groups excluding carboxylic acids is 5. The van der Waals surface area contributed by atoms with Crippen molar-refractivity contribution in [2.75, 3.05) is 119 Å². The monoisotopic (exact) mass is 1230 g/mol. The molecule has 0 aromatic rings. The number of amides is 5. The molecule has 0 aromatic carbocycles. The Bertz CT molecular complexity index is 1660. The van der Waals surface area contributed by atoms with E-state index < -0.39 is 123 Å². The average Bonchev–Trinajstić information content (AvgIpc) is 3.25. The van der Waals surface area contributed by atoms with Gasteiger partial charge in [0.1, 0.15) is 42.2 Å². The van der Waals surface area contributed by atoms with E-state index in [1.165, 1.54) is 0 Å². The van der Waals surface area contributed by atoms with Crippen molar-refractivity contribution in [1.82, 2.24) is 26.6 Å². The fraction of sp³-hybridized carbons (Fsp3) is 0.911. The maximum Gasteiger partial charge on any atom is 0.222 e. The van der Waals surface area contributed by atoms with E-state index in [0.717, 1.165) is 5.92 Å². The van der Waals surface area contributed by atoms with Crippen LogP contribution >= 0.6 is 0 Å². The molecule has 3 aliphatic rings. The fourth-order valence-corrected chi connectivity index (χ4v) is 8.83. The van der Waals surface area contributed by atoms with Crippen LogP contribution in [-0.2, 0) is 71.3 Å². The van der Waals surface area contributed by atoms with Crippen LogP contribution in [0, 0.1) is 23.7 Å². The van der Waals surface area contributed by atoms with Gasteiger partial charge in [0.25, 0.3) is 0 Å². The van der Waals surface area contributed by atoms with Gasteiger partial charge >= 0.3 is 0 Å². The van der Waals surface area contributed by atoms with Gasteiger partial charge in [-0.2, -0.15) is 0 Å². The van der Waals surface area contributed by atoms with Gasteiger partial charge < -0.3 is 120 Å². The number of rotatable bonds is 42. The number of carbonyl (C=O) groups is 5. The van der Waals surface area contributed by atoms with Crippen molar-refractivity contribution < 1.29 is 117 Å². The van der Waals surface area contributed by atoms with E-state index in [0.29, 0.717) is 38.8 Å². The van der Waals surface area contributed by atoms with Crippen LogP contribution in [0.25, 0.3) is 0 Å². The Kier molecular flexibility index (Phi) is 40.3. The Balaban J connectivity index is 0.00000596. The van der Waals surface area contributed by atoms with Crippen LogP contribution in [0.15, 0.2) is 0 Å². The summed E-state index contributed by atoms with van der Waals surface area (Å²) < 4.78 is 56.9. The summed E-state index contributed by atoms with van der Waals surface area (Å²) in [6.07, 6.45) is -11.4. The molecular weight excluding hydrogens is 1130 g/mol. The molecule has 6 unspecified atom stereocenters. The minimum atomic E-state index is -1.44. The molecule has 14 N–H and O–H groups in total. The van der Waals surface area contributed by atoms with Crippen molar-refractivity contribution in [2.45, 2.75) is 185 Å². The molecule has 85 heavy (non-hydrogen) atoms. The molecule has 5 amide bonds. The van der Waals surface area contributed by atoms with Gasteiger partial charge in [0.2, 0.25) is 29.5 Å². The van der Waals surface area contributed by atoms with Crippen molar-refractivity contribution in [3.8, 4) is 0 Å². The molecule has 0 aromatic heterocycles. The third kappa shape index (κ3) is 30.6. The number of methoxy groups -OCH3 is 1. The van der Waals surface area contributed by atoms with Crippen LogP contribution in [0.4, 0.5) is 0 Å². The summed E-state index contributed by atoms with van der Waals surface area (Å²) in [5, 5.41) is 104. The molecule has 0 radical (unpaired) electrons. The van der Waals surface area contributed by atoms with Crippen molar-refractivity contribution in [1.29, 1.82) is 0 Å². The van der Waals surface area contributed by atoms with Gasteiger partial charge in [0.05, 0.1) is 97.6 Å². The highest BCUT2D eigenvalue weighted by Gasteiger charge is 2.45. The smallest absolute Gasteiger partial charge is 0.222 e. The summed E-state index contributed by atoms with van der Waals surface area (Å²) in [5.41, 5.74) is -1.44. The molecule has 0 saturated carbocycles. The Morgan fingerprint density at radius 3 is 1.00 bits per heavy atom. The SMILES string of the molecule is CC(C)C.COCCCNC(=O)CCCC(=O)NC(COCCC(=O)NCCCO[C@@H]1OC(CO)[C@H](O)[C@H](O)C1C)(COCCC(=O)NCCCO[C@@H]1OC(CO)[C@H](O)[C@H](O)C1C)COCCC(=O)NCCCO[C@@H]1OC(CO)[C@H](O)[C@H](O)C1C. The molecule has 3 heterocycles. The number of ether oxygens (including phenoxy) is 10. The zero-order valence-electron chi connectivity index (χ0n) is 51.0. The fourth-order valence-electron chi connectivity index (χ4n) is 8.83. The van der Waals surface area contributed by atoms with E-state index in [1.54, 1.807) is 27.9 Å². The number of aliphatic hydroxyl groups is 9. The van der Waals surface area contributed by atoms with Gasteiger partial charge in [-0.1, -0.05) is 41.5 Å². The number of nitrogens with one attached hydrogen (secondary N) is 5. The van der Waals surface area contributed by atoms with Crippen molar-refractivity contribution in [2.24, 2.45) is 23.7 Å². The van der Waals surface area contributed by atoms with Gasteiger partial charge in [0, 0.05) is 89.8 Å². The summed E-state index contributed by atoms with van der Waals surface area (Å²) >= 11 is 0. The summed E-state index contributed by atoms with van der Waals surface area (Å²) in [7, 11) is 1.56. The van der Waals surface area contributed by atoms with Crippen molar-refractivity contribution in [3.63, 3.8) is 0 Å². The molecule has 3 aliphatic heterocycles. The van der Waals surface area contributed by atoms with Gasteiger partial charge in [-0.15, -0.1) is 0 Å². The zero-order chi connectivity index (χ0) is 63.3. The molecule has 0 spiro atoms. The second-order valence-corrected chi connectivity index (χ2v) is 22.4. The molecule has 29 nitrogen and oxygen atoms in total. The van der Waals surface area contributed by atoms with Crippen LogP contribution in [0.3, 0.4) is 0 Å². The second kappa shape index (κ2) is 44.1. The normalized spacial score (nSPS) is 28.4. The minimum absolute atomic E-state index is 0.0569. The lowest BCUT2D eigenvalue weighted by Gasteiger charge is -2.40. The predicted molar refractivity (Wildman–Crippen MR) is 303 cm³/mol. The van der Waals surface area contributed by atoms with Crippen LogP contribution in [0.5, 0.6) is 0 Å². The van der Waals surface area contributed by atoms with E-state index in [1.807, 2.05) is 0 Å². The summed E-state index contributed by atoms with van der Waals surface area (Å²) in [6, 6.07) is 0. The average molecular weight is 1230 g/mol. The number of hydrogen-bond donors (Lipinski definition) is 14. The predicted octanol–water partition coefficient (Wildman–Crippen LogP) is -3.16. The van der Waals surface area contributed by atoms with E-state index in [2.05, 4.69) is 47.4 Å². The molecular formula is C56H105N5O24. The lowest BCUT2D eigenvalue weighted by Crippen LogP contribution is -2.58. The number of aliphatic hydroxyl groups excluding tert-OH is 9. The molecule has 0 bridgehead atoms. The van der Waals surface area contributed by atoms with Crippen LogP contribution in [0.2, 0.25) is 0 Å². The quantitative estimate of drug-likeness (QED) is 0.0268. The van der Waals surface area contributed by atoms with Crippen LogP contribution in [0.1, 0.15) is 106 Å². The molecule has 3 rings (SSSR count). The highest BCUT2D eigenvalue weighted by molar-refractivity contribution is 5.79. The first kappa shape index (κ1) is 77.7. The summed E-state index contributed by atoms with van der Waals surface area (Å²) in [6.45, 7) is 10.6. The highest BCUT2D eigenvalue weighted by Crippen LogP contribution is 2.29. The summed E-state index contributed by atoms with van der Waals surface area (Å²) in [4.78, 5) is 64.7. The zero-order valence-corrected chi connectivity index (χ0v) is 51.0. The maximum absolute atomic E-state index is 13.6. The Labute approximate surface area is 500 Å². The first-order valence-electron chi connectivity index (χ1n) is 29.9. The van der Waals surface area contributed by atoms with Crippen molar-refractivity contribution >= 4 is 29.5 Å². The largest absolute Gasteiger partial charge is 0.394 e. The van der Waals surface area contributed by atoms with Gasteiger partial charge in [-0.3, -0.25) is 24.0 Å². The third-order valence-corrected chi connectivity index (χ3v) is 14.0. The first-order chi connectivity index (χ1) is 40.5. The standard InChI is InChI=1S/C52H95N5O24.C4H10/c1-32-43(66)46(69)35(26-58)79-49(32)76-20-7-16-54-39(62)12-23-73-29-52(57-42(65)11-5-10-38(61)53-15-6-19-72-4,30-74-24-13-40(63)55-17-8-21-77-50-33(2)44(67)47(70)36(27-59)80-50)31-75-25-14-41(64)56-18-9-22-78-51-34(3)45(68)48(71)37(28-60)81-51;1-4(2)3/h32-37,43-51,58-60,66-71H,5-31H2,1-4H3,(H,53,61)(H,54,62)(H,55,63)(H,56,64)(H,57,65);4H,1-3H3/t32?,33?,34?,35?,36?,37?,43-,44-,45-,46+,47+,48+,49-,50-,51-,52?;/m1./s1. The molecule has 3 saturated heterocycles. The van der Waals surface area contributed by atoms with Crippen LogP contribution in [-0.4, -0.2) is 274 Å². The third-order valence-electron chi connectivity index (χ3n) is 14.0. The van der Waals surface area contributed by atoms with Gasteiger partial charge in [-0.05, 0) is 38.0 Å². The molecule has 498 valence electrons. The van der Waals surface area contributed by atoms with Crippen molar-refractivity contribution in [3.05, 3.63) is 0 Å². The first-order valence-corrected chi connectivity index (χ1v) is 29.9. The van der Waals surface area contributed by atoms with E-state index in [9.17, 15) is 69.9 Å². The second-order valence-electron chi connectivity index (χ2n) is 22.4. The van der Waals surface area contributed by atoms with E-state index >= 15 is 0 Å². The minimum Gasteiger partial charge on any atom is -0.394 e. The van der Waals surface area contributed by atoms with E-state index in [-0.39, 0.29) is 141 Å². The Hall–Kier alpha value is -3.41. The maximum atomic E-state index is 13.6. The molecule has 29 heteroatoms. The van der Waals surface area contributed by atoms with Gasteiger partial charge in [0.15, 0.2) is 18.9 Å². The topological polar surface area (TPSA) is 420 Å². The molecule has 3 fully saturated rings. The molecule has 15 atom stereocenters. The molecule has 0 aliphatic carbocycles. The van der Waals surface area contributed by atoms with E-state index in [4.69, 9.17) is 47.4 Å². The highest BCUT2D eigenvalue weighted by atomic mass is 16.7. The van der Waals surface area contributed by atoms with Crippen LogP contribution < -0.4 is 26.6 Å². The lowest BCUT2D eigenvalue weighted by molar-refractivity contribution is -0.282. The van der Waals surface area contributed by atoms with Gasteiger partial charge in [-0.25, -0.2) is 0 Å². The summed E-state index contributed by atoms with van der Waals surface area (Å²) in [5.74, 6) is -2.75. The number of hydrogen-bond acceptors (Lipinski definition) is 24.